The Morgan fingerprint density at radius 1 is 1.32 bits per heavy atom. The van der Waals surface area contributed by atoms with Crippen molar-refractivity contribution in [3.8, 4) is 11.8 Å². The molecule has 126 valence electrons. The number of nitrogens with one attached hydrogen (secondary N) is 1. The second-order valence-corrected chi connectivity index (χ2v) is 6.71. The summed E-state index contributed by atoms with van der Waals surface area (Å²) in [4.78, 5) is 15.5. The molecule has 2 aromatic heterocycles. The van der Waals surface area contributed by atoms with Crippen molar-refractivity contribution in [1.29, 1.82) is 5.26 Å². The van der Waals surface area contributed by atoms with Gasteiger partial charge < -0.3 is 5.32 Å². The van der Waals surface area contributed by atoms with Crippen molar-refractivity contribution in [2.75, 3.05) is 5.32 Å². The average molecular weight is 333 g/mol. The quantitative estimate of drug-likeness (QED) is 0.792. The Hall–Kier alpha value is -3.20. The normalized spacial score (nSPS) is 11.3. The van der Waals surface area contributed by atoms with Crippen LogP contribution in [0.25, 0.3) is 16.6 Å². The zero-order valence-electron chi connectivity index (χ0n) is 14.4. The highest BCUT2D eigenvalue weighted by atomic mass is 16.1. The minimum atomic E-state index is -0.423. The maximum atomic E-state index is 11.2. The van der Waals surface area contributed by atoms with Crippen molar-refractivity contribution in [3.05, 3.63) is 48.3 Å². The maximum Gasteiger partial charge on any atom is 0.222 e. The SMILES string of the molecule is CC(=O)Nc1cc2c(cn1)cnn2-c1cccc(CC(C)(C)C#N)c1. The third kappa shape index (κ3) is 3.66. The maximum absolute atomic E-state index is 11.2. The van der Waals surface area contributed by atoms with Crippen molar-refractivity contribution >= 4 is 22.6 Å². The zero-order chi connectivity index (χ0) is 18.0. The lowest BCUT2D eigenvalue weighted by atomic mass is 9.87. The average Bonchev–Trinajstić information content (AvgIpc) is 2.97. The Balaban J connectivity index is 2.02. The van der Waals surface area contributed by atoms with Crippen LogP contribution in [0.15, 0.2) is 42.7 Å². The number of hydrogen-bond acceptors (Lipinski definition) is 4. The molecule has 0 aliphatic rings. The Morgan fingerprint density at radius 2 is 2.12 bits per heavy atom. The summed E-state index contributed by atoms with van der Waals surface area (Å²) in [5, 5.41) is 17.3. The molecule has 0 unspecified atom stereocenters. The highest BCUT2D eigenvalue weighted by Gasteiger charge is 2.18. The Bertz CT molecular complexity index is 981. The summed E-state index contributed by atoms with van der Waals surface area (Å²) in [6, 6.07) is 12.1. The number of nitrogens with zero attached hydrogens (tertiary/aromatic N) is 4. The molecule has 0 atom stereocenters. The number of carbonyl (C=O) groups is 1. The molecule has 0 fully saturated rings. The van der Waals surface area contributed by atoms with Gasteiger partial charge in [0.2, 0.25) is 5.91 Å². The van der Waals surface area contributed by atoms with Crippen LogP contribution in [0.3, 0.4) is 0 Å². The van der Waals surface area contributed by atoms with Crippen molar-refractivity contribution in [3.63, 3.8) is 0 Å². The molecule has 2 heterocycles. The zero-order valence-corrected chi connectivity index (χ0v) is 14.4. The van der Waals surface area contributed by atoms with E-state index < -0.39 is 5.41 Å². The van der Waals surface area contributed by atoms with E-state index in [0.29, 0.717) is 12.2 Å². The predicted molar refractivity (Wildman–Crippen MR) is 96.3 cm³/mol. The molecule has 3 aromatic rings. The van der Waals surface area contributed by atoms with Gasteiger partial charge in [-0.05, 0) is 38.0 Å². The fourth-order valence-corrected chi connectivity index (χ4v) is 2.72. The van der Waals surface area contributed by atoms with Crippen molar-refractivity contribution in [1.82, 2.24) is 14.8 Å². The van der Waals surface area contributed by atoms with Crippen LogP contribution in [0.1, 0.15) is 26.3 Å². The number of rotatable bonds is 4. The lowest BCUT2D eigenvalue weighted by Gasteiger charge is -2.15. The minimum absolute atomic E-state index is 0.168. The molecule has 1 aromatic carbocycles. The monoisotopic (exact) mass is 333 g/mol. The lowest BCUT2D eigenvalue weighted by molar-refractivity contribution is -0.114. The first-order valence-electron chi connectivity index (χ1n) is 8.00. The van der Waals surface area contributed by atoms with Crippen LogP contribution < -0.4 is 5.32 Å². The van der Waals surface area contributed by atoms with Gasteiger partial charge in [0.1, 0.15) is 5.82 Å². The Labute approximate surface area is 146 Å². The summed E-state index contributed by atoms with van der Waals surface area (Å²) >= 11 is 0. The molecule has 0 aliphatic carbocycles. The highest BCUT2D eigenvalue weighted by molar-refractivity contribution is 5.90. The molecule has 0 spiro atoms. The molecule has 0 aliphatic heterocycles. The van der Waals surface area contributed by atoms with E-state index in [1.165, 1.54) is 6.92 Å². The van der Waals surface area contributed by atoms with E-state index in [0.717, 1.165) is 22.2 Å². The second-order valence-electron chi connectivity index (χ2n) is 6.71. The summed E-state index contributed by atoms with van der Waals surface area (Å²) in [5.41, 5.74) is 2.41. The van der Waals surface area contributed by atoms with Crippen LogP contribution in [0, 0.1) is 16.7 Å². The standard InChI is InChI=1S/C19H19N5O/c1-13(25)23-18-8-17-15(10-21-18)11-22-24(17)16-6-4-5-14(7-16)9-19(2,3)12-20/h4-8,10-11H,9H2,1-3H3,(H,21,23,25). The molecule has 6 nitrogen and oxygen atoms in total. The molecular formula is C19H19N5O. The number of aromatic nitrogens is 3. The third-order valence-electron chi connectivity index (χ3n) is 3.86. The lowest BCUT2D eigenvalue weighted by Crippen LogP contribution is -2.12. The van der Waals surface area contributed by atoms with Gasteiger partial charge in [0.25, 0.3) is 0 Å². The van der Waals surface area contributed by atoms with Crippen LogP contribution in [-0.4, -0.2) is 20.7 Å². The van der Waals surface area contributed by atoms with Crippen LogP contribution in [0.4, 0.5) is 5.82 Å². The van der Waals surface area contributed by atoms with Gasteiger partial charge in [-0.2, -0.15) is 10.4 Å². The van der Waals surface area contributed by atoms with Gasteiger partial charge in [-0.3, -0.25) is 4.79 Å². The van der Waals surface area contributed by atoms with Crippen LogP contribution in [0.2, 0.25) is 0 Å². The van der Waals surface area contributed by atoms with Crippen LogP contribution in [-0.2, 0) is 11.2 Å². The number of amides is 1. The molecule has 0 saturated heterocycles. The number of hydrogen-bond donors (Lipinski definition) is 1. The number of pyridine rings is 1. The van der Waals surface area contributed by atoms with Gasteiger partial charge in [-0.25, -0.2) is 9.67 Å². The van der Waals surface area contributed by atoms with E-state index in [2.05, 4.69) is 21.5 Å². The summed E-state index contributed by atoms with van der Waals surface area (Å²) < 4.78 is 1.81. The van der Waals surface area contributed by atoms with Crippen molar-refractivity contribution in [2.45, 2.75) is 27.2 Å². The molecule has 0 bridgehead atoms. The van der Waals surface area contributed by atoms with E-state index in [1.54, 1.807) is 18.5 Å². The number of carbonyl (C=O) groups excluding carboxylic acids is 1. The third-order valence-corrected chi connectivity index (χ3v) is 3.86. The van der Waals surface area contributed by atoms with Gasteiger partial charge in [0, 0.05) is 24.6 Å². The van der Waals surface area contributed by atoms with Crippen molar-refractivity contribution in [2.24, 2.45) is 5.41 Å². The summed E-state index contributed by atoms with van der Waals surface area (Å²) in [7, 11) is 0. The van der Waals surface area contributed by atoms with E-state index in [4.69, 9.17) is 0 Å². The van der Waals surface area contributed by atoms with E-state index in [-0.39, 0.29) is 5.91 Å². The van der Waals surface area contributed by atoms with Gasteiger partial charge in [-0.1, -0.05) is 12.1 Å². The van der Waals surface area contributed by atoms with Gasteiger partial charge in [0.15, 0.2) is 0 Å². The minimum Gasteiger partial charge on any atom is -0.311 e. The summed E-state index contributed by atoms with van der Waals surface area (Å²) in [6.07, 6.45) is 4.09. The van der Waals surface area contributed by atoms with Crippen molar-refractivity contribution < 1.29 is 4.79 Å². The topological polar surface area (TPSA) is 83.6 Å². The molecule has 6 heteroatoms. The summed E-state index contributed by atoms with van der Waals surface area (Å²) in [6.45, 7) is 5.30. The first-order valence-corrected chi connectivity index (χ1v) is 8.00. The van der Waals surface area contributed by atoms with E-state index in [9.17, 15) is 10.1 Å². The van der Waals surface area contributed by atoms with Gasteiger partial charge >= 0.3 is 0 Å². The van der Waals surface area contributed by atoms with Gasteiger partial charge in [0.05, 0.1) is 28.9 Å². The fraction of sp³-hybridized carbons (Fsp3) is 0.263. The number of anilines is 1. The molecule has 1 N–H and O–H groups in total. The van der Waals surface area contributed by atoms with Crippen LogP contribution in [0.5, 0.6) is 0 Å². The molecule has 0 radical (unpaired) electrons. The Morgan fingerprint density at radius 3 is 2.84 bits per heavy atom. The molecule has 25 heavy (non-hydrogen) atoms. The van der Waals surface area contributed by atoms with E-state index >= 15 is 0 Å². The van der Waals surface area contributed by atoms with Gasteiger partial charge in [-0.15, -0.1) is 0 Å². The molecule has 0 saturated carbocycles. The second kappa shape index (κ2) is 6.36. The first kappa shape index (κ1) is 16.7. The molecule has 1 amide bonds. The Kier molecular flexibility index (Phi) is 4.24. The first-order chi connectivity index (χ1) is 11.9. The fourth-order valence-electron chi connectivity index (χ4n) is 2.72. The molecule has 3 rings (SSSR count). The largest absolute Gasteiger partial charge is 0.311 e. The highest BCUT2D eigenvalue weighted by Crippen LogP contribution is 2.24. The van der Waals surface area contributed by atoms with E-state index in [1.807, 2.05) is 42.8 Å². The predicted octanol–water partition coefficient (Wildman–Crippen LogP) is 3.47. The molecular weight excluding hydrogens is 314 g/mol. The van der Waals surface area contributed by atoms with Crippen LogP contribution >= 0.6 is 0 Å². The number of benzene rings is 1. The smallest absolute Gasteiger partial charge is 0.222 e. The summed E-state index contributed by atoms with van der Waals surface area (Å²) in [5.74, 6) is 0.321. The number of nitriles is 1. The number of fused-ring (bicyclic) bond motifs is 1.